The zero-order chi connectivity index (χ0) is 12.3. The lowest BCUT2D eigenvalue weighted by Crippen LogP contribution is -2.57. The predicted octanol–water partition coefficient (Wildman–Crippen LogP) is -1.16. The summed E-state index contributed by atoms with van der Waals surface area (Å²) in [6.45, 7) is 3.63. The average molecular weight is 227 g/mol. The van der Waals surface area contributed by atoms with Gasteiger partial charge in [-0.3, -0.25) is 19.7 Å². The number of rotatable bonds is 3. The number of carbonyl (C=O) groups is 3. The standard InChI is InChI=1S/C10H17N3O3/c1-3-6(2)9(11)10(16)13-4-7(14)12-8(15)5-13/h6,9H,3-5,11H2,1-2H3,(H,12,14,15)/t6-,9-/m0/s1. The molecule has 0 aromatic rings. The van der Waals surface area contributed by atoms with Crippen molar-refractivity contribution >= 4 is 17.7 Å². The van der Waals surface area contributed by atoms with Crippen molar-refractivity contribution in [2.24, 2.45) is 11.7 Å². The van der Waals surface area contributed by atoms with Crippen LogP contribution in [-0.4, -0.2) is 41.8 Å². The predicted molar refractivity (Wildman–Crippen MR) is 57.2 cm³/mol. The van der Waals surface area contributed by atoms with Gasteiger partial charge in [0.15, 0.2) is 0 Å². The second-order valence-electron chi connectivity index (χ2n) is 4.08. The van der Waals surface area contributed by atoms with E-state index >= 15 is 0 Å². The number of nitrogens with zero attached hydrogens (tertiary/aromatic N) is 1. The highest BCUT2D eigenvalue weighted by molar-refractivity contribution is 6.03. The van der Waals surface area contributed by atoms with Gasteiger partial charge in [0.05, 0.1) is 6.04 Å². The van der Waals surface area contributed by atoms with Crippen molar-refractivity contribution in [2.45, 2.75) is 26.3 Å². The van der Waals surface area contributed by atoms with E-state index < -0.39 is 17.9 Å². The van der Waals surface area contributed by atoms with Gasteiger partial charge >= 0.3 is 0 Å². The zero-order valence-corrected chi connectivity index (χ0v) is 9.53. The molecule has 1 fully saturated rings. The minimum absolute atomic E-state index is 0.0348. The van der Waals surface area contributed by atoms with E-state index in [9.17, 15) is 14.4 Å². The SMILES string of the molecule is CC[C@H](C)[C@H](N)C(=O)N1CC(=O)NC(=O)C1. The van der Waals surface area contributed by atoms with E-state index in [4.69, 9.17) is 5.73 Å². The van der Waals surface area contributed by atoms with E-state index in [1.54, 1.807) is 0 Å². The molecule has 0 aromatic carbocycles. The minimum Gasteiger partial charge on any atom is -0.323 e. The maximum atomic E-state index is 11.9. The Kier molecular flexibility index (Phi) is 4.00. The molecule has 6 nitrogen and oxygen atoms in total. The van der Waals surface area contributed by atoms with E-state index in [-0.39, 0.29) is 24.9 Å². The van der Waals surface area contributed by atoms with Gasteiger partial charge < -0.3 is 10.6 Å². The van der Waals surface area contributed by atoms with Crippen LogP contribution in [0, 0.1) is 5.92 Å². The molecule has 0 spiro atoms. The molecule has 1 aliphatic rings. The van der Waals surface area contributed by atoms with Gasteiger partial charge in [-0.25, -0.2) is 0 Å². The summed E-state index contributed by atoms with van der Waals surface area (Å²) in [6.07, 6.45) is 0.779. The molecular weight excluding hydrogens is 210 g/mol. The molecule has 90 valence electrons. The van der Waals surface area contributed by atoms with Gasteiger partial charge in [0, 0.05) is 0 Å². The van der Waals surface area contributed by atoms with Gasteiger partial charge in [-0.1, -0.05) is 20.3 Å². The van der Waals surface area contributed by atoms with Gasteiger partial charge in [-0.05, 0) is 5.92 Å². The van der Waals surface area contributed by atoms with E-state index in [0.717, 1.165) is 6.42 Å². The molecule has 0 aromatic heterocycles. The van der Waals surface area contributed by atoms with Crippen molar-refractivity contribution in [1.29, 1.82) is 0 Å². The first-order valence-corrected chi connectivity index (χ1v) is 5.32. The molecule has 0 saturated carbocycles. The van der Waals surface area contributed by atoms with E-state index in [0.29, 0.717) is 0 Å². The summed E-state index contributed by atoms with van der Waals surface area (Å²) >= 11 is 0. The molecule has 1 aliphatic heterocycles. The molecule has 16 heavy (non-hydrogen) atoms. The third-order valence-corrected chi connectivity index (χ3v) is 2.80. The van der Waals surface area contributed by atoms with Gasteiger partial charge in [0.25, 0.3) is 0 Å². The van der Waals surface area contributed by atoms with Crippen LogP contribution >= 0.6 is 0 Å². The second kappa shape index (κ2) is 5.07. The third-order valence-electron chi connectivity index (χ3n) is 2.80. The van der Waals surface area contributed by atoms with Crippen LogP contribution in [-0.2, 0) is 14.4 Å². The van der Waals surface area contributed by atoms with E-state index in [1.165, 1.54) is 4.90 Å². The summed E-state index contributed by atoms with van der Waals surface area (Å²) < 4.78 is 0. The van der Waals surface area contributed by atoms with Crippen molar-refractivity contribution in [2.75, 3.05) is 13.1 Å². The lowest BCUT2D eigenvalue weighted by Gasteiger charge is -2.29. The Hall–Kier alpha value is -1.43. The highest BCUT2D eigenvalue weighted by atomic mass is 16.2. The van der Waals surface area contributed by atoms with E-state index in [1.807, 2.05) is 13.8 Å². The first-order valence-electron chi connectivity index (χ1n) is 5.32. The monoisotopic (exact) mass is 227 g/mol. The Balaban J connectivity index is 2.66. The molecular formula is C10H17N3O3. The van der Waals surface area contributed by atoms with Crippen LogP contribution in [0.2, 0.25) is 0 Å². The van der Waals surface area contributed by atoms with Crippen molar-refractivity contribution < 1.29 is 14.4 Å². The van der Waals surface area contributed by atoms with Gasteiger partial charge in [-0.15, -0.1) is 0 Å². The summed E-state index contributed by atoms with van der Waals surface area (Å²) in [5.74, 6) is -1.22. The van der Waals surface area contributed by atoms with Gasteiger partial charge in [0.2, 0.25) is 17.7 Å². The first-order chi connectivity index (χ1) is 7.45. The molecule has 3 N–H and O–H groups in total. The summed E-state index contributed by atoms with van der Waals surface area (Å²) in [4.78, 5) is 35.2. The summed E-state index contributed by atoms with van der Waals surface area (Å²) in [5, 5.41) is 2.13. The second-order valence-corrected chi connectivity index (χ2v) is 4.08. The number of amides is 3. The summed E-state index contributed by atoms with van der Waals surface area (Å²) in [7, 11) is 0. The smallest absolute Gasteiger partial charge is 0.246 e. The molecule has 0 bridgehead atoms. The molecule has 2 atom stereocenters. The number of imide groups is 1. The normalized spacial score (nSPS) is 20.3. The zero-order valence-electron chi connectivity index (χ0n) is 9.53. The Morgan fingerprint density at radius 3 is 2.38 bits per heavy atom. The lowest BCUT2D eigenvalue weighted by atomic mass is 9.98. The minimum atomic E-state index is -0.649. The molecule has 6 heteroatoms. The van der Waals surface area contributed by atoms with Crippen molar-refractivity contribution in [3.63, 3.8) is 0 Å². The van der Waals surface area contributed by atoms with Crippen LogP contribution in [0.4, 0.5) is 0 Å². The third kappa shape index (κ3) is 2.79. The largest absolute Gasteiger partial charge is 0.323 e. The quantitative estimate of drug-likeness (QED) is 0.595. The van der Waals surface area contributed by atoms with Crippen molar-refractivity contribution in [3.05, 3.63) is 0 Å². The molecule has 0 unspecified atom stereocenters. The summed E-state index contributed by atoms with van der Waals surface area (Å²) in [5.41, 5.74) is 5.76. The Morgan fingerprint density at radius 1 is 1.44 bits per heavy atom. The number of piperazine rings is 1. The number of nitrogens with one attached hydrogen (secondary N) is 1. The van der Waals surface area contributed by atoms with E-state index in [2.05, 4.69) is 5.32 Å². The van der Waals surface area contributed by atoms with Crippen molar-refractivity contribution in [1.82, 2.24) is 10.2 Å². The molecule has 0 aliphatic carbocycles. The molecule has 3 amide bonds. The Labute approximate surface area is 94.2 Å². The summed E-state index contributed by atoms with van der Waals surface area (Å²) in [6, 6.07) is -0.649. The Bertz CT molecular complexity index is 300. The molecule has 1 saturated heterocycles. The van der Waals surface area contributed by atoms with Crippen LogP contribution in [0.5, 0.6) is 0 Å². The number of hydrogen-bond donors (Lipinski definition) is 2. The molecule has 1 rings (SSSR count). The fourth-order valence-electron chi connectivity index (χ4n) is 1.50. The topological polar surface area (TPSA) is 92.5 Å². The number of nitrogens with two attached hydrogens (primary N) is 1. The van der Waals surface area contributed by atoms with Crippen LogP contribution < -0.4 is 11.1 Å². The highest BCUT2D eigenvalue weighted by Gasteiger charge is 2.31. The molecule has 1 heterocycles. The first kappa shape index (κ1) is 12.6. The Morgan fingerprint density at radius 2 is 1.94 bits per heavy atom. The van der Waals surface area contributed by atoms with Crippen LogP contribution in [0.1, 0.15) is 20.3 Å². The van der Waals surface area contributed by atoms with Crippen LogP contribution in [0.3, 0.4) is 0 Å². The van der Waals surface area contributed by atoms with Gasteiger partial charge in [-0.2, -0.15) is 0 Å². The molecule has 0 radical (unpaired) electrons. The van der Waals surface area contributed by atoms with Crippen molar-refractivity contribution in [3.8, 4) is 0 Å². The van der Waals surface area contributed by atoms with Gasteiger partial charge in [0.1, 0.15) is 13.1 Å². The highest BCUT2D eigenvalue weighted by Crippen LogP contribution is 2.09. The van der Waals surface area contributed by atoms with Crippen LogP contribution in [0.15, 0.2) is 0 Å². The lowest BCUT2D eigenvalue weighted by molar-refractivity contribution is -0.146. The fourth-order valence-corrected chi connectivity index (χ4v) is 1.50. The average Bonchev–Trinajstić information content (AvgIpc) is 2.24. The maximum absolute atomic E-state index is 11.9. The number of hydrogen-bond acceptors (Lipinski definition) is 4. The maximum Gasteiger partial charge on any atom is 0.246 e. The number of carbonyl (C=O) groups excluding carboxylic acids is 3. The fraction of sp³-hybridized carbons (Fsp3) is 0.700. The van der Waals surface area contributed by atoms with Crippen LogP contribution in [0.25, 0.3) is 0 Å².